The van der Waals surface area contributed by atoms with Crippen LogP contribution >= 0.6 is 0 Å². The molecule has 1 aliphatic rings. The third-order valence-corrected chi connectivity index (χ3v) is 3.32. The number of nitrogens with zero attached hydrogens (tertiary/aromatic N) is 2. The first kappa shape index (κ1) is 11.8. The van der Waals surface area contributed by atoms with Gasteiger partial charge in [0.15, 0.2) is 0 Å². The Bertz CT molecular complexity index is 539. The van der Waals surface area contributed by atoms with E-state index in [9.17, 15) is 4.79 Å². The van der Waals surface area contributed by atoms with Crippen LogP contribution in [0.3, 0.4) is 0 Å². The zero-order valence-corrected chi connectivity index (χ0v) is 10.5. The maximum absolute atomic E-state index is 12.3. The Kier molecular flexibility index (Phi) is 3.18. The number of furan rings is 1. The molecule has 1 aliphatic heterocycles. The highest BCUT2D eigenvalue weighted by Gasteiger charge is 2.31. The van der Waals surface area contributed by atoms with Gasteiger partial charge in [-0.25, -0.2) is 4.79 Å². The van der Waals surface area contributed by atoms with Gasteiger partial charge in [0.2, 0.25) is 0 Å². The Morgan fingerprint density at radius 1 is 1.37 bits per heavy atom. The second kappa shape index (κ2) is 5.14. The Morgan fingerprint density at radius 3 is 2.95 bits per heavy atom. The van der Waals surface area contributed by atoms with Crippen molar-refractivity contribution in [1.82, 2.24) is 9.88 Å². The minimum absolute atomic E-state index is 0.0387. The number of anilines is 1. The molecule has 0 radical (unpaired) electrons. The first-order valence-electron chi connectivity index (χ1n) is 6.35. The Labute approximate surface area is 111 Å². The number of urea groups is 1. The largest absolute Gasteiger partial charge is 0.467 e. The van der Waals surface area contributed by atoms with Crippen LogP contribution in [0.15, 0.2) is 47.3 Å². The lowest BCUT2D eigenvalue weighted by atomic mass is 10.2. The van der Waals surface area contributed by atoms with Crippen LogP contribution in [0, 0.1) is 0 Å². The molecule has 3 heterocycles. The molecule has 2 amide bonds. The third kappa shape index (κ3) is 2.45. The van der Waals surface area contributed by atoms with Gasteiger partial charge in [0.25, 0.3) is 0 Å². The number of hydrogen-bond acceptors (Lipinski definition) is 3. The summed E-state index contributed by atoms with van der Waals surface area (Å²) in [5, 5.41) is 2.88. The average Bonchev–Trinajstić information content (AvgIpc) is 3.10. The van der Waals surface area contributed by atoms with Crippen molar-refractivity contribution in [3.05, 3.63) is 48.7 Å². The van der Waals surface area contributed by atoms with Gasteiger partial charge in [-0.3, -0.25) is 4.98 Å². The first-order chi connectivity index (χ1) is 9.34. The molecule has 3 rings (SSSR count). The zero-order chi connectivity index (χ0) is 13.1. The summed E-state index contributed by atoms with van der Waals surface area (Å²) in [6.07, 6.45) is 6.90. The van der Waals surface area contributed by atoms with Crippen LogP contribution in [0.5, 0.6) is 0 Å². The van der Waals surface area contributed by atoms with Crippen molar-refractivity contribution in [2.75, 3.05) is 11.9 Å². The van der Waals surface area contributed by atoms with E-state index in [1.165, 1.54) is 0 Å². The number of hydrogen-bond donors (Lipinski definition) is 1. The Balaban J connectivity index is 1.72. The topological polar surface area (TPSA) is 58.4 Å². The van der Waals surface area contributed by atoms with Crippen molar-refractivity contribution in [3.8, 4) is 0 Å². The lowest BCUT2D eigenvalue weighted by Crippen LogP contribution is -2.34. The van der Waals surface area contributed by atoms with Crippen LogP contribution in [-0.4, -0.2) is 22.5 Å². The number of rotatable bonds is 2. The fourth-order valence-corrected chi connectivity index (χ4v) is 2.42. The molecule has 1 N–H and O–H groups in total. The summed E-state index contributed by atoms with van der Waals surface area (Å²) in [5.41, 5.74) is 0.755. The molecule has 1 atom stereocenters. The smallest absolute Gasteiger partial charge is 0.322 e. The Morgan fingerprint density at radius 2 is 2.21 bits per heavy atom. The molecule has 19 heavy (non-hydrogen) atoms. The highest BCUT2D eigenvalue weighted by Crippen LogP contribution is 2.32. The Hall–Kier alpha value is -2.30. The molecule has 5 heteroatoms. The standard InChI is InChI=1S/C14H15N3O2/c18-14(16-11-5-7-15-8-6-11)17-9-1-3-12(17)13-4-2-10-19-13/h2,4-8,10,12H,1,3,9H2,(H,15,16,18). The van der Waals surface area contributed by atoms with Gasteiger partial charge in [0, 0.05) is 24.6 Å². The number of amides is 2. The summed E-state index contributed by atoms with van der Waals surface area (Å²) >= 11 is 0. The summed E-state index contributed by atoms with van der Waals surface area (Å²) in [4.78, 5) is 18.0. The quantitative estimate of drug-likeness (QED) is 0.899. The van der Waals surface area contributed by atoms with E-state index in [0.29, 0.717) is 0 Å². The monoisotopic (exact) mass is 257 g/mol. The SMILES string of the molecule is O=C(Nc1ccncc1)N1CCCC1c1ccco1. The van der Waals surface area contributed by atoms with Gasteiger partial charge in [0.1, 0.15) is 5.76 Å². The van der Waals surface area contributed by atoms with Gasteiger partial charge in [0.05, 0.1) is 12.3 Å². The van der Waals surface area contributed by atoms with Gasteiger partial charge in [-0.2, -0.15) is 0 Å². The van der Waals surface area contributed by atoms with E-state index in [2.05, 4.69) is 10.3 Å². The van der Waals surface area contributed by atoms with Gasteiger partial charge < -0.3 is 14.6 Å². The van der Waals surface area contributed by atoms with Crippen LogP contribution in [0.2, 0.25) is 0 Å². The summed E-state index contributed by atoms with van der Waals surface area (Å²) in [6.45, 7) is 0.752. The lowest BCUT2D eigenvalue weighted by molar-refractivity contribution is 0.200. The molecule has 5 nitrogen and oxygen atoms in total. The highest BCUT2D eigenvalue weighted by atomic mass is 16.3. The van der Waals surface area contributed by atoms with Crippen LogP contribution in [0.4, 0.5) is 10.5 Å². The summed E-state index contributed by atoms with van der Waals surface area (Å²) in [5.74, 6) is 0.849. The van der Waals surface area contributed by atoms with Gasteiger partial charge >= 0.3 is 6.03 Å². The van der Waals surface area contributed by atoms with Crippen molar-refractivity contribution in [3.63, 3.8) is 0 Å². The van der Waals surface area contributed by atoms with E-state index in [0.717, 1.165) is 30.8 Å². The molecule has 2 aromatic heterocycles. The van der Waals surface area contributed by atoms with Crippen molar-refractivity contribution in [2.24, 2.45) is 0 Å². The van der Waals surface area contributed by atoms with E-state index in [4.69, 9.17) is 4.42 Å². The van der Waals surface area contributed by atoms with E-state index in [1.807, 2.05) is 17.0 Å². The molecule has 2 aromatic rings. The van der Waals surface area contributed by atoms with Crippen molar-refractivity contribution >= 4 is 11.7 Å². The van der Waals surface area contributed by atoms with Gasteiger partial charge in [-0.05, 0) is 37.1 Å². The van der Waals surface area contributed by atoms with Gasteiger partial charge in [-0.1, -0.05) is 0 Å². The molecule has 98 valence electrons. The third-order valence-electron chi connectivity index (χ3n) is 3.32. The molecule has 0 aromatic carbocycles. The van der Waals surface area contributed by atoms with Crippen molar-refractivity contribution in [2.45, 2.75) is 18.9 Å². The molecule has 0 bridgehead atoms. The first-order valence-corrected chi connectivity index (χ1v) is 6.35. The van der Waals surface area contributed by atoms with Crippen LogP contribution in [0.1, 0.15) is 24.6 Å². The van der Waals surface area contributed by atoms with Crippen LogP contribution in [0.25, 0.3) is 0 Å². The number of carbonyl (C=O) groups is 1. The molecular weight excluding hydrogens is 242 g/mol. The van der Waals surface area contributed by atoms with Gasteiger partial charge in [-0.15, -0.1) is 0 Å². The molecule has 1 unspecified atom stereocenters. The number of pyridine rings is 1. The lowest BCUT2D eigenvalue weighted by Gasteiger charge is -2.23. The van der Waals surface area contributed by atoms with E-state index < -0.39 is 0 Å². The molecule has 1 fully saturated rings. The van der Waals surface area contributed by atoms with E-state index in [1.54, 1.807) is 30.8 Å². The maximum atomic E-state index is 12.3. The predicted molar refractivity (Wildman–Crippen MR) is 70.6 cm³/mol. The normalized spacial score (nSPS) is 18.5. The second-order valence-electron chi connectivity index (χ2n) is 4.53. The van der Waals surface area contributed by atoms with Crippen molar-refractivity contribution in [1.29, 1.82) is 0 Å². The fourth-order valence-electron chi connectivity index (χ4n) is 2.42. The maximum Gasteiger partial charge on any atom is 0.322 e. The molecule has 1 saturated heterocycles. The minimum atomic E-state index is -0.0925. The molecule has 0 spiro atoms. The fraction of sp³-hybridized carbons (Fsp3) is 0.286. The molecule has 0 saturated carbocycles. The summed E-state index contributed by atoms with van der Waals surface area (Å²) in [6, 6.07) is 7.27. The zero-order valence-electron chi connectivity index (χ0n) is 10.5. The number of carbonyl (C=O) groups excluding carboxylic acids is 1. The summed E-state index contributed by atoms with van der Waals surface area (Å²) < 4.78 is 5.42. The number of likely N-dealkylation sites (tertiary alicyclic amines) is 1. The molecule has 0 aliphatic carbocycles. The minimum Gasteiger partial charge on any atom is -0.467 e. The second-order valence-corrected chi connectivity index (χ2v) is 4.53. The van der Waals surface area contributed by atoms with Crippen LogP contribution < -0.4 is 5.32 Å². The molecular formula is C14H15N3O2. The predicted octanol–water partition coefficient (Wildman–Crippen LogP) is 3.04. The van der Waals surface area contributed by atoms with Crippen LogP contribution in [-0.2, 0) is 0 Å². The number of aromatic nitrogens is 1. The highest BCUT2D eigenvalue weighted by molar-refractivity contribution is 5.89. The van der Waals surface area contributed by atoms with E-state index in [-0.39, 0.29) is 12.1 Å². The number of nitrogens with one attached hydrogen (secondary N) is 1. The summed E-state index contributed by atoms with van der Waals surface area (Å²) in [7, 11) is 0. The average molecular weight is 257 g/mol. The van der Waals surface area contributed by atoms with E-state index >= 15 is 0 Å². The van der Waals surface area contributed by atoms with Crippen molar-refractivity contribution < 1.29 is 9.21 Å².